The highest BCUT2D eigenvalue weighted by molar-refractivity contribution is 4.94. The normalized spacial score (nSPS) is 32.0. The molecular formula is C12H23N3. The van der Waals surface area contributed by atoms with Crippen molar-refractivity contribution < 1.29 is 0 Å². The third-order valence-corrected chi connectivity index (χ3v) is 4.40. The number of likely N-dealkylation sites (tertiary alicyclic amines) is 1. The highest BCUT2D eigenvalue weighted by Crippen LogP contribution is 2.28. The lowest BCUT2D eigenvalue weighted by Gasteiger charge is -2.49. The summed E-state index contributed by atoms with van der Waals surface area (Å²) in [4.78, 5) is 5.40. The average Bonchev–Trinajstić information content (AvgIpc) is 2.70. The highest BCUT2D eigenvalue weighted by atomic mass is 15.3. The summed E-state index contributed by atoms with van der Waals surface area (Å²) < 4.78 is 0. The molecular weight excluding hydrogens is 186 g/mol. The Kier molecular flexibility index (Phi) is 2.95. The van der Waals surface area contributed by atoms with Crippen LogP contribution in [0.2, 0.25) is 0 Å². The first kappa shape index (κ1) is 10.1. The van der Waals surface area contributed by atoms with E-state index in [1.165, 1.54) is 65.0 Å². The van der Waals surface area contributed by atoms with Crippen molar-refractivity contribution in [3.8, 4) is 0 Å². The van der Waals surface area contributed by atoms with Crippen molar-refractivity contribution >= 4 is 0 Å². The second kappa shape index (κ2) is 4.40. The Bertz CT molecular complexity index is 201. The van der Waals surface area contributed by atoms with Gasteiger partial charge in [-0.15, -0.1) is 0 Å². The van der Waals surface area contributed by atoms with E-state index in [9.17, 15) is 0 Å². The first-order chi connectivity index (χ1) is 7.43. The van der Waals surface area contributed by atoms with Crippen molar-refractivity contribution in [3.05, 3.63) is 0 Å². The Balaban J connectivity index is 1.44. The Hall–Kier alpha value is -0.120. The van der Waals surface area contributed by atoms with E-state index in [1.54, 1.807) is 0 Å². The van der Waals surface area contributed by atoms with Gasteiger partial charge in [-0.3, -0.25) is 9.80 Å². The molecule has 0 unspecified atom stereocenters. The van der Waals surface area contributed by atoms with Crippen molar-refractivity contribution in [2.75, 3.05) is 39.3 Å². The minimum absolute atomic E-state index is 0.882. The summed E-state index contributed by atoms with van der Waals surface area (Å²) in [6.07, 6.45) is 5.88. The number of hydrogen-bond donors (Lipinski definition) is 1. The van der Waals surface area contributed by atoms with Gasteiger partial charge in [-0.05, 0) is 12.8 Å². The zero-order valence-corrected chi connectivity index (χ0v) is 9.62. The lowest BCUT2D eigenvalue weighted by atomic mass is 10.0. The largest absolute Gasteiger partial charge is 0.314 e. The van der Waals surface area contributed by atoms with Gasteiger partial charge in [0.25, 0.3) is 0 Å². The molecule has 0 spiro atoms. The van der Waals surface area contributed by atoms with Crippen LogP contribution >= 0.6 is 0 Å². The van der Waals surface area contributed by atoms with Gasteiger partial charge in [0, 0.05) is 51.4 Å². The molecule has 2 saturated heterocycles. The molecule has 3 fully saturated rings. The van der Waals surface area contributed by atoms with Crippen LogP contribution in [-0.2, 0) is 0 Å². The lowest BCUT2D eigenvalue weighted by molar-refractivity contribution is 0.00132. The van der Waals surface area contributed by atoms with E-state index in [2.05, 4.69) is 15.1 Å². The molecule has 0 aromatic carbocycles. The van der Waals surface area contributed by atoms with Crippen LogP contribution in [0.4, 0.5) is 0 Å². The summed E-state index contributed by atoms with van der Waals surface area (Å²) >= 11 is 0. The Morgan fingerprint density at radius 2 is 1.47 bits per heavy atom. The molecule has 0 amide bonds. The maximum absolute atomic E-state index is 3.43. The first-order valence-electron chi connectivity index (χ1n) is 6.62. The number of hydrogen-bond acceptors (Lipinski definition) is 3. The Labute approximate surface area is 92.8 Å². The fourth-order valence-electron chi connectivity index (χ4n) is 3.33. The standard InChI is InChI=1S/C12H23N3/c1-2-4-11(3-1)15-9-12(10-15)14-7-5-13-6-8-14/h11-13H,1-10H2. The van der Waals surface area contributed by atoms with Crippen molar-refractivity contribution in [1.29, 1.82) is 0 Å². The third kappa shape index (κ3) is 2.05. The summed E-state index contributed by atoms with van der Waals surface area (Å²) in [6, 6.07) is 1.83. The maximum atomic E-state index is 3.43. The van der Waals surface area contributed by atoms with Gasteiger partial charge < -0.3 is 5.32 Å². The molecule has 86 valence electrons. The Morgan fingerprint density at radius 3 is 2.13 bits per heavy atom. The molecule has 3 rings (SSSR count). The minimum Gasteiger partial charge on any atom is -0.314 e. The lowest BCUT2D eigenvalue weighted by Crippen LogP contribution is -2.64. The van der Waals surface area contributed by atoms with Gasteiger partial charge in [-0.2, -0.15) is 0 Å². The van der Waals surface area contributed by atoms with E-state index in [1.807, 2.05) is 0 Å². The van der Waals surface area contributed by atoms with Crippen molar-refractivity contribution in [2.24, 2.45) is 0 Å². The number of rotatable bonds is 2. The van der Waals surface area contributed by atoms with Gasteiger partial charge >= 0.3 is 0 Å². The van der Waals surface area contributed by atoms with E-state index >= 15 is 0 Å². The molecule has 2 heterocycles. The van der Waals surface area contributed by atoms with Crippen LogP contribution in [0.3, 0.4) is 0 Å². The summed E-state index contributed by atoms with van der Waals surface area (Å²) in [5, 5.41) is 3.43. The molecule has 0 aromatic rings. The molecule has 0 atom stereocenters. The number of nitrogens with one attached hydrogen (secondary N) is 1. The zero-order chi connectivity index (χ0) is 10.1. The van der Waals surface area contributed by atoms with Crippen molar-refractivity contribution in [2.45, 2.75) is 37.8 Å². The average molecular weight is 209 g/mol. The van der Waals surface area contributed by atoms with E-state index < -0.39 is 0 Å². The molecule has 3 heteroatoms. The van der Waals surface area contributed by atoms with Crippen LogP contribution < -0.4 is 5.32 Å². The molecule has 2 aliphatic heterocycles. The van der Waals surface area contributed by atoms with E-state index in [0.717, 1.165) is 12.1 Å². The fourth-order valence-corrected chi connectivity index (χ4v) is 3.33. The smallest absolute Gasteiger partial charge is 0.0351 e. The summed E-state index contributed by atoms with van der Waals surface area (Å²) in [5.41, 5.74) is 0. The maximum Gasteiger partial charge on any atom is 0.0351 e. The van der Waals surface area contributed by atoms with Crippen LogP contribution in [-0.4, -0.2) is 61.2 Å². The fraction of sp³-hybridized carbons (Fsp3) is 1.00. The van der Waals surface area contributed by atoms with E-state index in [4.69, 9.17) is 0 Å². The molecule has 0 bridgehead atoms. The highest BCUT2D eigenvalue weighted by Gasteiger charge is 2.36. The van der Waals surface area contributed by atoms with Crippen LogP contribution in [0.5, 0.6) is 0 Å². The molecule has 0 aromatic heterocycles. The topological polar surface area (TPSA) is 18.5 Å². The van der Waals surface area contributed by atoms with Crippen LogP contribution in [0, 0.1) is 0 Å². The molecule has 3 nitrogen and oxygen atoms in total. The predicted molar refractivity (Wildman–Crippen MR) is 62.1 cm³/mol. The SMILES string of the molecule is C1CCC(N2CC(N3CCNCC3)C2)C1. The Morgan fingerprint density at radius 1 is 0.800 bits per heavy atom. The van der Waals surface area contributed by atoms with E-state index in [-0.39, 0.29) is 0 Å². The molecule has 3 aliphatic rings. The van der Waals surface area contributed by atoms with Crippen molar-refractivity contribution in [1.82, 2.24) is 15.1 Å². The van der Waals surface area contributed by atoms with Crippen molar-refractivity contribution in [3.63, 3.8) is 0 Å². The van der Waals surface area contributed by atoms with Gasteiger partial charge in [0.2, 0.25) is 0 Å². The summed E-state index contributed by atoms with van der Waals surface area (Å²) in [5.74, 6) is 0. The summed E-state index contributed by atoms with van der Waals surface area (Å²) in [7, 11) is 0. The second-order valence-electron chi connectivity index (χ2n) is 5.33. The second-order valence-corrected chi connectivity index (χ2v) is 5.33. The van der Waals surface area contributed by atoms with Crippen LogP contribution in [0.1, 0.15) is 25.7 Å². The van der Waals surface area contributed by atoms with Gasteiger partial charge in [0.05, 0.1) is 0 Å². The minimum atomic E-state index is 0.882. The van der Waals surface area contributed by atoms with E-state index in [0.29, 0.717) is 0 Å². The third-order valence-electron chi connectivity index (χ3n) is 4.40. The predicted octanol–water partition coefficient (Wildman–Crippen LogP) is 0.518. The molecule has 1 saturated carbocycles. The van der Waals surface area contributed by atoms with Gasteiger partial charge in [-0.25, -0.2) is 0 Å². The summed E-state index contributed by atoms with van der Waals surface area (Å²) in [6.45, 7) is 7.63. The molecule has 1 N–H and O–H groups in total. The van der Waals surface area contributed by atoms with Gasteiger partial charge in [-0.1, -0.05) is 12.8 Å². The number of nitrogens with zero attached hydrogens (tertiary/aromatic N) is 2. The van der Waals surface area contributed by atoms with Crippen LogP contribution in [0.25, 0.3) is 0 Å². The monoisotopic (exact) mass is 209 g/mol. The van der Waals surface area contributed by atoms with Gasteiger partial charge in [0.15, 0.2) is 0 Å². The number of piperazine rings is 1. The molecule has 15 heavy (non-hydrogen) atoms. The molecule has 1 aliphatic carbocycles. The van der Waals surface area contributed by atoms with Gasteiger partial charge in [0.1, 0.15) is 0 Å². The molecule has 0 radical (unpaired) electrons. The quantitative estimate of drug-likeness (QED) is 0.715. The zero-order valence-electron chi connectivity index (χ0n) is 9.62. The van der Waals surface area contributed by atoms with Crippen LogP contribution in [0.15, 0.2) is 0 Å². The first-order valence-corrected chi connectivity index (χ1v) is 6.62.